The van der Waals surface area contributed by atoms with Crippen LogP contribution < -0.4 is 5.73 Å². The van der Waals surface area contributed by atoms with Crippen molar-refractivity contribution in [1.29, 1.82) is 0 Å². The molecule has 2 unspecified atom stereocenters. The van der Waals surface area contributed by atoms with E-state index < -0.39 is 5.60 Å². The van der Waals surface area contributed by atoms with Crippen molar-refractivity contribution in [1.82, 2.24) is 0 Å². The Morgan fingerprint density at radius 2 is 1.75 bits per heavy atom. The Morgan fingerprint density at radius 1 is 1.12 bits per heavy atom. The molecule has 0 aromatic heterocycles. The largest absolute Gasteiger partial charge is 0.389 e. The third-order valence-corrected chi connectivity index (χ3v) is 5.55. The van der Waals surface area contributed by atoms with Crippen LogP contribution in [0.15, 0.2) is 0 Å². The summed E-state index contributed by atoms with van der Waals surface area (Å²) in [4.78, 5) is 0. The molecule has 0 bridgehead atoms. The van der Waals surface area contributed by atoms with Gasteiger partial charge in [0.1, 0.15) is 0 Å². The maximum absolute atomic E-state index is 11.0. The molecule has 2 rings (SSSR count). The minimum Gasteiger partial charge on any atom is -0.389 e. The minimum atomic E-state index is -0.470. The minimum absolute atomic E-state index is 0.0232. The lowest BCUT2D eigenvalue weighted by molar-refractivity contribution is -0.125. The van der Waals surface area contributed by atoms with Crippen molar-refractivity contribution in [2.24, 2.45) is 23.0 Å². The number of hydrogen-bond acceptors (Lipinski definition) is 2. The van der Waals surface area contributed by atoms with Gasteiger partial charge in [0.15, 0.2) is 0 Å². The maximum atomic E-state index is 11.0. The highest BCUT2D eigenvalue weighted by Crippen LogP contribution is 2.54. The van der Waals surface area contributed by atoms with Crippen LogP contribution in [0.5, 0.6) is 0 Å². The van der Waals surface area contributed by atoms with Gasteiger partial charge in [0, 0.05) is 12.0 Å². The van der Waals surface area contributed by atoms with Crippen molar-refractivity contribution in [2.75, 3.05) is 6.54 Å². The first-order chi connectivity index (χ1) is 7.54. The van der Waals surface area contributed by atoms with E-state index in [0.717, 1.165) is 25.2 Å². The molecular formula is C14H27NO. The summed E-state index contributed by atoms with van der Waals surface area (Å²) in [6.07, 6.45) is 8.07. The average Bonchev–Trinajstić information content (AvgIpc) is 2.62. The fourth-order valence-corrected chi connectivity index (χ4v) is 4.08. The van der Waals surface area contributed by atoms with Gasteiger partial charge in [-0.1, -0.05) is 33.1 Å². The molecule has 2 nitrogen and oxygen atoms in total. The van der Waals surface area contributed by atoms with E-state index in [4.69, 9.17) is 5.73 Å². The molecule has 0 aromatic rings. The second-order valence-corrected chi connectivity index (χ2v) is 6.38. The smallest absolute Gasteiger partial charge is 0.0741 e. The number of rotatable bonds is 2. The Morgan fingerprint density at radius 3 is 2.19 bits per heavy atom. The zero-order chi connectivity index (χ0) is 11.8. The zero-order valence-corrected chi connectivity index (χ0v) is 10.8. The van der Waals surface area contributed by atoms with Crippen molar-refractivity contribution in [3.63, 3.8) is 0 Å². The normalized spacial score (nSPS) is 49.5. The zero-order valence-electron chi connectivity index (χ0n) is 10.8. The highest BCUT2D eigenvalue weighted by molar-refractivity contribution is 5.06. The molecule has 0 aromatic carbocycles. The molecule has 0 aliphatic heterocycles. The van der Waals surface area contributed by atoms with Gasteiger partial charge < -0.3 is 10.8 Å². The SMILES string of the molecule is CC1CCC(CN)(C2(O)CCCC2C)CC1. The van der Waals surface area contributed by atoms with Crippen LogP contribution in [0.25, 0.3) is 0 Å². The molecule has 0 amide bonds. The van der Waals surface area contributed by atoms with Gasteiger partial charge in [-0.3, -0.25) is 0 Å². The summed E-state index contributed by atoms with van der Waals surface area (Å²) >= 11 is 0. The van der Waals surface area contributed by atoms with E-state index in [0.29, 0.717) is 12.5 Å². The van der Waals surface area contributed by atoms with E-state index in [1.807, 2.05) is 0 Å². The Balaban J connectivity index is 2.20. The van der Waals surface area contributed by atoms with Gasteiger partial charge in [-0.2, -0.15) is 0 Å². The molecule has 2 atom stereocenters. The molecule has 0 spiro atoms. The molecule has 2 saturated carbocycles. The van der Waals surface area contributed by atoms with Crippen molar-refractivity contribution in [2.45, 2.75) is 64.4 Å². The fourth-order valence-electron chi connectivity index (χ4n) is 4.08. The molecule has 2 aliphatic carbocycles. The van der Waals surface area contributed by atoms with Gasteiger partial charge in [0.05, 0.1) is 5.60 Å². The first-order valence-electron chi connectivity index (χ1n) is 6.96. The molecule has 0 heterocycles. The van der Waals surface area contributed by atoms with Crippen molar-refractivity contribution < 1.29 is 5.11 Å². The Labute approximate surface area is 99.6 Å². The molecule has 94 valence electrons. The number of nitrogens with two attached hydrogens (primary N) is 1. The van der Waals surface area contributed by atoms with Gasteiger partial charge >= 0.3 is 0 Å². The van der Waals surface area contributed by atoms with Crippen molar-refractivity contribution >= 4 is 0 Å². The van der Waals surface area contributed by atoms with Crippen LogP contribution >= 0.6 is 0 Å². The maximum Gasteiger partial charge on any atom is 0.0741 e. The Kier molecular flexibility index (Phi) is 3.33. The Hall–Kier alpha value is -0.0800. The van der Waals surface area contributed by atoms with Crippen LogP contribution in [0.1, 0.15) is 58.8 Å². The highest BCUT2D eigenvalue weighted by Gasteiger charge is 2.54. The monoisotopic (exact) mass is 225 g/mol. The van der Waals surface area contributed by atoms with Crippen LogP contribution in [0.4, 0.5) is 0 Å². The van der Waals surface area contributed by atoms with Gasteiger partial charge in [-0.15, -0.1) is 0 Å². The summed E-state index contributed by atoms with van der Waals surface area (Å²) in [5.41, 5.74) is 5.60. The van der Waals surface area contributed by atoms with E-state index in [-0.39, 0.29) is 5.41 Å². The number of aliphatic hydroxyl groups is 1. The summed E-state index contributed by atoms with van der Waals surface area (Å²) in [6.45, 7) is 5.20. The molecule has 0 radical (unpaired) electrons. The molecule has 3 N–H and O–H groups in total. The molecule has 2 fully saturated rings. The van der Waals surface area contributed by atoms with Gasteiger partial charge in [0.2, 0.25) is 0 Å². The van der Waals surface area contributed by atoms with Crippen LogP contribution in [0.2, 0.25) is 0 Å². The summed E-state index contributed by atoms with van der Waals surface area (Å²) in [7, 11) is 0. The topological polar surface area (TPSA) is 46.2 Å². The van der Waals surface area contributed by atoms with Crippen LogP contribution in [-0.2, 0) is 0 Å². The molecule has 0 saturated heterocycles. The molecular weight excluding hydrogens is 198 g/mol. The van der Waals surface area contributed by atoms with Crippen molar-refractivity contribution in [3.05, 3.63) is 0 Å². The molecule has 16 heavy (non-hydrogen) atoms. The predicted octanol–water partition coefficient (Wildman–Crippen LogP) is 2.69. The lowest BCUT2D eigenvalue weighted by Gasteiger charge is -2.51. The lowest BCUT2D eigenvalue weighted by Crippen LogP contribution is -2.55. The van der Waals surface area contributed by atoms with Gasteiger partial charge in [0.25, 0.3) is 0 Å². The van der Waals surface area contributed by atoms with E-state index in [2.05, 4.69) is 13.8 Å². The second-order valence-electron chi connectivity index (χ2n) is 6.38. The molecule has 2 heteroatoms. The summed E-state index contributed by atoms with van der Waals surface area (Å²) in [6, 6.07) is 0. The number of hydrogen-bond donors (Lipinski definition) is 2. The summed E-state index contributed by atoms with van der Waals surface area (Å²) < 4.78 is 0. The van der Waals surface area contributed by atoms with E-state index in [9.17, 15) is 5.11 Å². The van der Waals surface area contributed by atoms with Crippen LogP contribution in [-0.4, -0.2) is 17.3 Å². The predicted molar refractivity (Wildman–Crippen MR) is 67.1 cm³/mol. The fraction of sp³-hybridized carbons (Fsp3) is 1.00. The van der Waals surface area contributed by atoms with E-state index >= 15 is 0 Å². The van der Waals surface area contributed by atoms with E-state index in [1.54, 1.807) is 0 Å². The average molecular weight is 225 g/mol. The van der Waals surface area contributed by atoms with Crippen LogP contribution in [0.3, 0.4) is 0 Å². The Bertz CT molecular complexity index is 245. The standard InChI is InChI=1S/C14H27NO/c1-11-5-8-13(10-15,9-6-11)14(16)7-3-4-12(14)2/h11-12,16H,3-10,15H2,1-2H3. The second kappa shape index (κ2) is 4.30. The lowest BCUT2D eigenvalue weighted by atomic mass is 9.58. The molecule has 2 aliphatic rings. The third kappa shape index (κ3) is 1.70. The third-order valence-electron chi connectivity index (χ3n) is 5.55. The first-order valence-corrected chi connectivity index (χ1v) is 6.96. The highest BCUT2D eigenvalue weighted by atomic mass is 16.3. The summed E-state index contributed by atoms with van der Waals surface area (Å²) in [5, 5.41) is 11.0. The van der Waals surface area contributed by atoms with Gasteiger partial charge in [-0.05, 0) is 37.5 Å². The van der Waals surface area contributed by atoms with E-state index in [1.165, 1.54) is 25.7 Å². The summed E-state index contributed by atoms with van der Waals surface area (Å²) in [5.74, 6) is 1.25. The quantitative estimate of drug-likeness (QED) is 0.759. The van der Waals surface area contributed by atoms with Crippen molar-refractivity contribution in [3.8, 4) is 0 Å². The van der Waals surface area contributed by atoms with Crippen LogP contribution in [0, 0.1) is 17.3 Å². The first kappa shape index (κ1) is 12.4. The van der Waals surface area contributed by atoms with Gasteiger partial charge in [-0.25, -0.2) is 0 Å².